The number of methoxy groups -OCH3 is 1. The number of aliphatic hydroxyl groups is 1. The molecule has 172 valence electrons. The van der Waals surface area contributed by atoms with Gasteiger partial charge in [0.05, 0.1) is 12.2 Å². The number of hydrogen-bond donors (Lipinski definition) is 1. The molecule has 0 aromatic heterocycles. The summed E-state index contributed by atoms with van der Waals surface area (Å²) in [7, 11) is 1.92. The van der Waals surface area contributed by atoms with E-state index in [4.69, 9.17) is 14.3 Å². The molecule has 2 heteroatoms. The van der Waals surface area contributed by atoms with Crippen molar-refractivity contribution < 1.29 is 19.4 Å². The highest BCUT2D eigenvalue weighted by Crippen LogP contribution is 2.82. The van der Waals surface area contributed by atoms with Gasteiger partial charge in [0.2, 0.25) is 0 Å². The van der Waals surface area contributed by atoms with Gasteiger partial charge in [-0.15, -0.1) is 0 Å². The van der Waals surface area contributed by atoms with Gasteiger partial charge >= 0.3 is 0 Å². The predicted octanol–water partition coefficient (Wildman–Crippen LogP) is 6.70. The molecule has 30 heavy (non-hydrogen) atoms. The van der Waals surface area contributed by atoms with Crippen LogP contribution in [-0.4, -0.2) is 24.4 Å². The maximum Gasteiger partial charge on any atom is 0.0638 e. The highest BCUT2D eigenvalue weighted by molar-refractivity contribution is 5.26. The van der Waals surface area contributed by atoms with Crippen molar-refractivity contribution >= 4 is 0 Å². The first kappa shape index (κ1) is 14.9. The fourth-order valence-corrected chi connectivity index (χ4v) is 10.3. The van der Waals surface area contributed by atoms with Crippen LogP contribution in [0, 0.1) is 57.6 Å². The summed E-state index contributed by atoms with van der Waals surface area (Å²) in [4.78, 5) is 0. The number of ether oxygens (including phenoxy) is 1. The number of aliphatic hydroxyl groups excluding tert-OH is 1. The molecule has 1 N–H and O–H groups in total. The minimum Gasteiger partial charge on any atom is -0.393 e. The second-order valence-corrected chi connectivity index (χ2v) is 12.4. The van der Waals surface area contributed by atoms with Crippen LogP contribution in [0.5, 0.6) is 0 Å². The Bertz CT molecular complexity index is 875. The molecular weight excluding hydrogens is 368 g/mol. The summed E-state index contributed by atoms with van der Waals surface area (Å²) >= 11 is 0. The van der Waals surface area contributed by atoms with E-state index in [9.17, 15) is 5.11 Å². The minimum absolute atomic E-state index is 0.0263. The van der Waals surface area contributed by atoms with Crippen LogP contribution in [0.3, 0.4) is 0 Å². The second-order valence-electron chi connectivity index (χ2n) is 12.4. The number of hydrogen-bond acceptors (Lipinski definition) is 2. The van der Waals surface area contributed by atoms with Crippen LogP contribution in [0.25, 0.3) is 0 Å². The lowest BCUT2D eigenvalue weighted by molar-refractivity contribution is -0.161. The van der Waals surface area contributed by atoms with E-state index in [-0.39, 0.29) is 17.8 Å². The fraction of sp³-hybridized carbons (Fsp3) is 1.00. The van der Waals surface area contributed by atoms with Gasteiger partial charge in [-0.1, -0.05) is 34.5 Å². The lowest BCUT2D eigenvalue weighted by atomic mass is 9.45. The van der Waals surface area contributed by atoms with E-state index < -0.39 is 25.7 Å². The average Bonchev–Trinajstić information content (AvgIpc) is 3.31. The van der Waals surface area contributed by atoms with Crippen molar-refractivity contribution in [2.75, 3.05) is 7.11 Å². The zero-order valence-corrected chi connectivity index (χ0v) is 19.5. The average molecular weight is 424 g/mol. The molecule has 0 radical (unpaired) electrons. The Hall–Kier alpha value is -0.0800. The molecule has 5 fully saturated rings. The normalized spacial score (nSPS) is 58.2. The molecule has 5 saturated carbocycles. The molecule has 5 aliphatic carbocycles. The zero-order valence-electron chi connectivity index (χ0n) is 26.5. The highest BCUT2D eigenvalue weighted by atomic mass is 16.5. The second kappa shape index (κ2) is 7.21. The van der Waals surface area contributed by atoms with Crippen LogP contribution in [0.4, 0.5) is 0 Å². The Morgan fingerprint density at radius 3 is 2.60 bits per heavy atom. The van der Waals surface area contributed by atoms with Gasteiger partial charge < -0.3 is 9.84 Å². The van der Waals surface area contributed by atoms with E-state index >= 15 is 0 Å². The van der Waals surface area contributed by atoms with Crippen LogP contribution in [0.15, 0.2) is 0 Å². The SMILES string of the molecule is [2H]C([2H])([2H])C([2H])(C(O)CC[C@@H](C)[C@H]1CC[C@H]2[C@@H]3C[C@@H](OC)[C@]45C[C@H]4CC[C@]5(C)[C@H]3CC[C@]12C)C([2H])([2H])[2H]. The van der Waals surface area contributed by atoms with Crippen molar-refractivity contribution in [3.05, 3.63) is 0 Å². The van der Waals surface area contributed by atoms with Gasteiger partial charge in [0, 0.05) is 22.1 Å². The molecule has 0 aromatic rings. The Kier molecular flexibility index (Phi) is 3.59. The van der Waals surface area contributed by atoms with Crippen LogP contribution in [0.2, 0.25) is 0 Å². The summed E-state index contributed by atoms with van der Waals surface area (Å²) < 4.78 is 60.7. The van der Waals surface area contributed by atoms with E-state index in [2.05, 4.69) is 20.8 Å². The third kappa shape index (κ3) is 2.74. The molecule has 11 atom stereocenters. The van der Waals surface area contributed by atoms with Crippen molar-refractivity contribution in [1.29, 1.82) is 0 Å². The van der Waals surface area contributed by atoms with Gasteiger partial charge in [0.1, 0.15) is 0 Å². The predicted molar refractivity (Wildman–Crippen MR) is 123 cm³/mol. The Balaban J connectivity index is 1.30. The minimum atomic E-state index is -3.09. The molecule has 2 nitrogen and oxygen atoms in total. The molecule has 0 bridgehead atoms. The first-order valence-electron chi connectivity index (χ1n) is 16.2. The number of rotatable bonds is 6. The van der Waals surface area contributed by atoms with E-state index in [1.165, 1.54) is 44.9 Å². The largest absolute Gasteiger partial charge is 0.393 e. The van der Waals surface area contributed by atoms with Crippen molar-refractivity contribution in [2.24, 2.45) is 57.6 Å². The zero-order chi connectivity index (χ0) is 27.4. The van der Waals surface area contributed by atoms with Crippen molar-refractivity contribution in [3.63, 3.8) is 0 Å². The van der Waals surface area contributed by atoms with Crippen LogP contribution >= 0.6 is 0 Å². The smallest absolute Gasteiger partial charge is 0.0638 e. The molecular formula is C28H48O2. The molecule has 1 unspecified atom stereocenters. The summed E-state index contributed by atoms with van der Waals surface area (Å²) in [6, 6.07) is 0. The van der Waals surface area contributed by atoms with Gasteiger partial charge in [-0.05, 0) is 116 Å². The van der Waals surface area contributed by atoms with Gasteiger partial charge in [-0.3, -0.25) is 0 Å². The van der Waals surface area contributed by atoms with E-state index in [1.54, 1.807) is 0 Å². The van der Waals surface area contributed by atoms with E-state index in [0.717, 1.165) is 18.3 Å². The Labute approximate surface area is 195 Å². The monoisotopic (exact) mass is 423 g/mol. The van der Waals surface area contributed by atoms with Gasteiger partial charge in [0.15, 0.2) is 0 Å². The molecule has 5 aliphatic rings. The van der Waals surface area contributed by atoms with Crippen LogP contribution < -0.4 is 0 Å². The maximum atomic E-state index is 10.8. The van der Waals surface area contributed by atoms with Gasteiger partial charge in [-0.2, -0.15) is 0 Å². The quantitative estimate of drug-likeness (QED) is 0.515. The van der Waals surface area contributed by atoms with Gasteiger partial charge in [0.25, 0.3) is 0 Å². The standard InChI is InChI=1S/C28H48O2/c1-17(2)24(29)10-7-18(3)21-8-9-22-20-15-25(30-6)28-16-19(28)11-14-27(28,5)23(20)12-13-26(21,22)4/h17-25,29H,7-16H2,1-6H3/t18-,19-,20+,21-,22+,23+,24?,25-,26-,27-,28+/m1/s1/i1D3,2D3,17D. The Morgan fingerprint density at radius 2 is 1.90 bits per heavy atom. The lowest BCUT2D eigenvalue weighted by Gasteiger charge is -2.61. The molecule has 0 aromatic carbocycles. The first-order chi connectivity index (χ1) is 17.0. The number of fused-ring (bicyclic) bond motifs is 4. The van der Waals surface area contributed by atoms with Crippen molar-refractivity contribution in [1.82, 2.24) is 0 Å². The molecule has 0 aliphatic heterocycles. The summed E-state index contributed by atoms with van der Waals surface area (Å²) in [6.07, 6.45) is 9.33. The Morgan fingerprint density at radius 1 is 1.10 bits per heavy atom. The molecule has 0 saturated heterocycles. The molecule has 1 spiro atoms. The summed E-state index contributed by atoms with van der Waals surface area (Å²) in [5, 5.41) is 10.8. The topological polar surface area (TPSA) is 29.5 Å². The third-order valence-corrected chi connectivity index (χ3v) is 11.8. The van der Waals surface area contributed by atoms with Crippen LogP contribution in [0.1, 0.15) is 108 Å². The lowest BCUT2D eigenvalue weighted by Crippen LogP contribution is -2.57. The molecule has 5 rings (SSSR count). The fourth-order valence-electron chi connectivity index (χ4n) is 10.3. The maximum absolute atomic E-state index is 10.8. The summed E-state index contributed by atoms with van der Waals surface area (Å²) in [6.45, 7) is 1.08. The van der Waals surface area contributed by atoms with Gasteiger partial charge in [-0.25, -0.2) is 0 Å². The summed E-state index contributed by atoms with van der Waals surface area (Å²) in [5.74, 6) is 0.831. The van der Waals surface area contributed by atoms with Crippen molar-refractivity contribution in [2.45, 2.75) is 111 Å². The summed E-state index contributed by atoms with van der Waals surface area (Å²) in [5.41, 5.74) is 1.03. The third-order valence-electron chi connectivity index (χ3n) is 11.8. The first-order valence-corrected chi connectivity index (χ1v) is 12.7. The van der Waals surface area contributed by atoms with E-state index in [0.29, 0.717) is 41.1 Å². The van der Waals surface area contributed by atoms with E-state index in [1.807, 2.05) is 7.11 Å². The highest BCUT2D eigenvalue weighted by Gasteiger charge is 2.77. The van der Waals surface area contributed by atoms with Crippen LogP contribution in [-0.2, 0) is 4.74 Å². The molecule has 0 heterocycles. The molecule has 0 amide bonds. The van der Waals surface area contributed by atoms with Crippen molar-refractivity contribution in [3.8, 4) is 0 Å².